The van der Waals surface area contributed by atoms with Crippen LogP contribution < -0.4 is 9.64 Å². The molecule has 5 nitrogen and oxygen atoms in total. The number of hydrogen-bond acceptors (Lipinski definition) is 5. The van der Waals surface area contributed by atoms with Gasteiger partial charge in [0.1, 0.15) is 23.7 Å². The molecule has 0 bridgehead atoms. The fourth-order valence-corrected chi connectivity index (χ4v) is 4.27. The Bertz CT molecular complexity index is 1020. The van der Waals surface area contributed by atoms with E-state index in [0.717, 1.165) is 41.1 Å². The number of esters is 1. The van der Waals surface area contributed by atoms with Gasteiger partial charge in [0.05, 0.1) is 12.7 Å². The molecule has 2 unspecified atom stereocenters. The van der Waals surface area contributed by atoms with E-state index in [1.54, 1.807) is 12.1 Å². The number of rotatable bonds is 5. The molecule has 0 aliphatic carbocycles. The molecule has 1 aliphatic heterocycles. The summed E-state index contributed by atoms with van der Waals surface area (Å²) in [5.41, 5.74) is 2.39. The van der Waals surface area contributed by atoms with E-state index in [1.165, 1.54) is 13.5 Å². The summed E-state index contributed by atoms with van der Waals surface area (Å²) >= 11 is 0. The number of benzene rings is 2. The van der Waals surface area contributed by atoms with Crippen LogP contribution in [0.3, 0.4) is 0 Å². The summed E-state index contributed by atoms with van der Waals surface area (Å²) in [6, 6.07) is 17.5. The van der Waals surface area contributed by atoms with Gasteiger partial charge in [-0.25, -0.2) is 9.78 Å². The zero-order chi connectivity index (χ0) is 21.1. The van der Waals surface area contributed by atoms with Gasteiger partial charge in [-0.2, -0.15) is 0 Å². The normalized spacial score (nSPS) is 19.0. The summed E-state index contributed by atoms with van der Waals surface area (Å²) in [5, 5.41) is 1.07. The van der Waals surface area contributed by atoms with Crippen LogP contribution in [0.15, 0.2) is 54.6 Å². The maximum Gasteiger partial charge on any atom is 0.337 e. The van der Waals surface area contributed by atoms with Crippen LogP contribution in [0.1, 0.15) is 36.2 Å². The Morgan fingerprint density at radius 2 is 1.77 bits per heavy atom. The number of hydrogen-bond donors (Lipinski definition) is 0. The quantitative estimate of drug-likeness (QED) is 0.555. The topological polar surface area (TPSA) is 51.7 Å². The van der Waals surface area contributed by atoms with Crippen LogP contribution in [0.2, 0.25) is 0 Å². The zero-order valence-corrected chi connectivity index (χ0v) is 17.8. The minimum atomic E-state index is -0.338. The van der Waals surface area contributed by atoms with Gasteiger partial charge in [0.25, 0.3) is 0 Å². The van der Waals surface area contributed by atoms with Gasteiger partial charge < -0.3 is 14.4 Å². The number of anilines is 1. The van der Waals surface area contributed by atoms with Crippen LogP contribution >= 0.6 is 0 Å². The van der Waals surface area contributed by atoms with Gasteiger partial charge in [0, 0.05) is 18.5 Å². The first-order valence-electron chi connectivity index (χ1n) is 10.5. The molecule has 0 amide bonds. The lowest BCUT2D eigenvalue weighted by molar-refractivity contribution is 0.0600. The molecule has 1 saturated heterocycles. The molecule has 0 radical (unpaired) electrons. The van der Waals surface area contributed by atoms with Gasteiger partial charge in [0.2, 0.25) is 0 Å². The summed E-state index contributed by atoms with van der Waals surface area (Å²) in [6.07, 6.45) is 1.27. The van der Waals surface area contributed by atoms with Gasteiger partial charge in [-0.1, -0.05) is 38.1 Å². The molecule has 2 atom stereocenters. The summed E-state index contributed by atoms with van der Waals surface area (Å²) < 4.78 is 10.9. The molecule has 1 fully saturated rings. The second-order valence-corrected chi connectivity index (χ2v) is 8.33. The first kappa shape index (κ1) is 20.2. The van der Waals surface area contributed by atoms with E-state index in [2.05, 4.69) is 36.9 Å². The van der Waals surface area contributed by atoms with Gasteiger partial charge >= 0.3 is 5.97 Å². The van der Waals surface area contributed by atoms with Crippen molar-refractivity contribution in [1.82, 2.24) is 4.98 Å². The van der Waals surface area contributed by atoms with Crippen LogP contribution in [0.4, 0.5) is 5.82 Å². The van der Waals surface area contributed by atoms with E-state index in [9.17, 15) is 4.79 Å². The average Bonchev–Trinajstić information content (AvgIpc) is 2.76. The Morgan fingerprint density at radius 3 is 2.47 bits per heavy atom. The smallest absolute Gasteiger partial charge is 0.337 e. The minimum absolute atomic E-state index is 0.338. The van der Waals surface area contributed by atoms with E-state index >= 15 is 0 Å². The van der Waals surface area contributed by atoms with E-state index < -0.39 is 0 Å². The average molecular weight is 405 g/mol. The lowest BCUT2D eigenvalue weighted by atomic mass is 9.92. The SMILES string of the molecule is COC(=O)c1ccc(COc2cccc3ccc(N4CC(C)CC(C)C4)nc23)cc1. The Labute approximate surface area is 177 Å². The largest absolute Gasteiger partial charge is 0.487 e. The molecule has 4 rings (SSSR count). The molecule has 1 aliphatic rings. The molecular weight excluding hydrogens is 376 g/mol. The molecule has 0 spiro atoms. The third-order valence-corrected chi connectivity index (χ3v) is 5.63. The van der Waals surface area contributed by atoms with Gasteiger partial charge in [-0.05, 0) is 54.2 Å². The third-order valence-electron chi connectivity index (χ3n) is 5.63. The minimum Gasteiger partial charge on any atom is -0.487 e. The summed E-state index contributed by atoms with van der Waals surface area (Å²) in [7, 11) is 1.38. The maximum atomic E-state index is 11.6. The number of piperidine rings is 1. The molecule has 0 saturated carbocycles. The number of pyridine rings is 1. The van der Waals surface area contributed by atoms with Crippen molar-refractivity contribution in [3.05, 3.63) is 65.7 Å². The highest BCUT2D eigenvalue weighted by Gasteiger charge is 2.23. The number of para-hydroxylation sites is 1. The Balaban J connectivity index is 1.54. The van der Waals surface area contributed by atoms with E-state index in [0.29, 0.717) is 24.0 Å². The number of carbonyl (C=O) groups excluding carboxylic acids is 1. The number of ether oxygens (including phenoxy) is 2. The summed E-state index contributed by atoms with van der Waals surface area (Å²) in [6.45, 7) is 7.11. The fraction of sp³-hybridized carbons (Fsp3) is 0.360. The molecule has 3 aromatic rings. The zero-order valence-electron chi connectivity index (χ0n) is 17.8. The number of fused-ring (bicyclic) bond motifs is 1. The highest BCUT2D eigenvalue weighted by Crippen LogP contribution is 2.30. The van der Waals surface area contributed by atoms with Crippen molar-refractivity contribution in [2.45, 2.75) is 26.9 Å². The van der Waals surface area contributed by atoms with Crippen LogP contribution in [-0.2, 0) is 11.3 Å². The van der Waals surface area contributed by atoms with Gasteiger partial charge in [-0.15, -0.1) is 0 Å². The molecule has 2 heterocycles. The van der Waals surface area contributed by atoms with Crippen molar-refractivity contribution in [3.8, 4) is 5.75 Å². The first-order valence-corrected chi connectivity index (χ1v) is 10.5. The Kier molecular flexibility index (Phi) is 5.88. The number of methoxy groups -OCH3 is 1. The van der Waals surface area contributed by atoms with Crippen LogP contribution in [0.5, 0.6) is 5.75 Å². The molecule has 156 valence electrons. The van der Waals surface area contributed by atoms with Crippen molar-refractivity contribution in [1.29, 1.82) is 0 Å². The van der Waals surface area contributed by atoms with Gasteiger partial charge in [0.15, 0.2) is 0 Å². The van der Waals surface area contributed by atoms with Crippen LogP contribution in [0.25, 0.3) is 10.9 Å². The first-order chi connectivity index (χ1) is 14.5. The highest BCUT2D eigenvalue weighted by atomic mass is 16.5. The lowest BCUT2D eigenvalue weighted by Gasteiger charge is -2.35. The molecule has 5 heteroatoms. The Morgan fingerprint density at radius 1 is 1.03 bits per heavy atom. The molecule has 2 aromatic carbocycles. The van der Waals surface area contributed by atoms with Gasteiger partial charge in [-0.3, -0.25) is 0 Å². The highest BCUT2D eigenvalue weighted by molar-refractivity contribution is 5.89. The standard InChI is InChI=1S/C25H28N2O3/c1-17-13-18(2)15-27(14-17)23-12-11-20-5-4-6-22(24(20)26-23)30-16-19-7-9-21(10-8-19)25(28)29-3/h4-12,17-18H,13-16H2,1-3H3. The molecule has 30 heavy (non-hydrogen) atoms. The molecule has 0 N–H and O–H groups in total. The van der Waals surface area contributed by atoms with Crippen molar-refractivity contribution in [3.63, 3.8) is 0 Å². The monoisotopic (exact) mass is 404 g/mol. The number of carbonyl (C=O) groups is 1. The maximum absolute atomic E-state index is 11.6. The molecular formula is C25H28N2O3. The van der Waals surface area contributed by atoms with Crippen LogP contribution in [0, 0.1) is 11.8 Å². The van der Waals surface area contributed by atoms with E-state index in [-0.39, 0.29) is 5.97 Å². The predicted octanol–water partition coefficient (Wildman–Crippen LogP) is 5.08. The third kappa shape index (κ3) is 4.40. The number of nitrogens with zero attached hydrogens (tertiary/aromatic N) is 2. The van der Waals surface area contributed by atoms with E-state index in [1.807, 2.05) is 24.3 Å². The molecule has 1 aromatic heterocycles. The fourth-order valence-electron chi connectivity index (χ4n) is 4.27. The summed E-state index contributed by atoms with van der Waals surface area (Å²) in [5.74, 6) is 2.79. The second kappa shape index (κ2) is 8.74. The van der Waals surface area contributed by atoms with Crippen molar-refractivity contribution < 1.29 is 14.3 Å². The predicted molar refractivity (Wildman–Crippen MR) is 119 cm³/mol. The van der Waals surface area contributed by atoms with Crippen LogP contribution in [-0.4, -0.2) is 31.2 Å². The summed E-state index contributed by atoms with van der Waals surface area (Å²) in [4.78, 5) is 18.9. The van der Waals surface area contributed by atoms with Crippen molar-refractivity contribution in [2.75, 3.05) is 25.1 Å². The van der Waals surface area contributed by atoms with Crippen molar-refractivity contribution >= 4 is 22.7 Å². The Hall–Kier alpha value is -3.08. The number of aromatic nitrogens is 1. The van der Waals surface area contributed by atoms with E-state index in [4.69, 9.17) is 14.5 Å². The second-order valence-electron chi connectivity index (χ2n) is 8.33. The lowest BCUT2D eigenvalue weighted by Crippen LogP contribution is -2.39. The van der Waals surface area contributed by atoms with Crippen molar-refractivity contribution in [2.24, 2.45) is 11.8 Å².